The predicted octanol–water partition coefficient (Wildman–Crippen LogP) is 3.10. The summed E-state index contributed by atoms with van der Waals surface area (Å²) in [5.41, 5.74) is 0.722. The van der Waals surface area contributed by atoms with Crippen molar-refractivity contribution in [2.45, 2.75) is 13.0 Å². The Labute approximate surface area is 171 Å². The second kappa shape index (κ2) is 9.89. The van der Waals surface area contributed by atoms with Gasteiger partial charge in [-0.15, -0.1) is 0 Å². The van der Waals surface area contributed by atoms with Crippen molar-refractivity contribution in [1.29, 1.82) is 0 Å². The van der Waals surface area contributed by atoms with Crippen LogP contribution < -0.4 is 10.1 Å². The van der Waals surface area contributed by atoms with Crippen LogP contribution in [0.4, 0.5) is 5.69 Å². The van der Waals surface area contributed by atoms with Crippen LogP contribution in [-0.2, 0) is 14.3 Å². The van der Waals surface area contributed by atoms with Gasteiger partial charge in [-0.1, -0.05) is 28.1 Å². The molecule has 2 amide bonds. The molecule has 2 aromatic carbocycles. The number of nitrogens with one attached hydrogen (secondary N) is 1. The highest BCUT2D eigenvalue weighted by Crippen LogP contribution is 2.20. The molecule has 1 atom stereocenters. The number of ether oxygens (including phenoxy) is 2. The number of esters is 1. The lowest BCUT2D eigenvalue weighted by Crippen LogP contribution is -2.30. The number of carbonyl (C=O) groups excluding carboxylic acids is 3. The van der Waals surface area contributed by atoms with Gasteiger partial charge in [0.15, 0.2) is 12.7 Å². The summed E-state index contributed by atoms with van der Waals surface area (Å²) in [4.78, 5) is 37.8. The molecule has 0 radical (unpaired) electrons. The Morgan fingerprint density at radius 3 is 2.36 bits per heavy atom. The van der Waals surface area contributed by atoms with E-state index in [9.17, 15) is 14.4 Å². The molecule has 0 aliphatic heterocycles. The number of hydrogen-bond acceptors (Lipinski definition) is 5. The summed E-state index contributed by atoms with van der Waals surface area (Å²) in [5, 5.41) is 2.67. The van der Waals surface area contributed by atoms with Crippen LogP contribution in [0.1, 0.15) is 17.3 Å². The van der Waals surface area contributed by atoms with Gasteiger partial charge in [-0.25, -0.2) is 4.79 Å². The monoisotopic (exact) mass is 448 g/mol. The van der Waals surface area contributed by atoms with Gasteiger partial charge in [0, 0.05) is 24.3 Å². The first-order chi connectivity index (χ1) is 13.3. The Balaban J connectivity index is 2.00. The molecule has 1 N–H and O–H groups in total. The van der Waals surface area contributed by atoms with Crippen LogP contribution in [0, 0.1) is 0 Å². The molecule has 0 aliphatic rings. The molecule has 0 fully saturated rings. The van der Waals surface area contributed by atoms with E-state index in [0.717, 1.165) is 4.47 Å². The fourth-order valence-corrected chi connectivity index (χ4v) is 2.35. The first kappa shape index (κ1) is 21.4. The minimum absolute atomic E-state index is 0.136. The fourth-order valence-electron chi connectivity index (χ4n) is 2.08. The van der Waals surface area contributed by atoms with E-state index in [0.29, 0.717) is 5.69 Å². The Hall–Kier alpha value is -2.87. The van der Waals surface area contributed by atoms with Gasteiger partial charge in [-0.3, -0.25) is 9.59 Å². The van der Waals surface area contributed by atoms with Crippen molar-refractivity contribution in [3.8, 4) is 5.75 Å². The average Bonchev–Trinajstić information content (AvgIpc) is 2.67. The van der Waals surface area contributed by atoms with Crippen molar-refractivity contribution in [2.75, 3.05) is 26.0 Å². The van der Waals surface area contributed by atoms with E-state index in [1.807, 2.05) is 0 Å². The summed E-state index contributed by atoms with van der Waals surface area (Å²) in [6.07, 6.45) is -1.02. The van der Waals surface area contributed by atoms with Gasteiger partial charge in [-0.2, -0.15) is 0 Å². The summed E-state index contributed by atoms with van der Waals surface area (Å²) in [6, 6.07) is 13.4. The quantitative estimate of drug-likeness (QED) is 0.657. The third-order valence-corrected chi connectivity index (χ3v) is 4.25. The molecule has 0 saturated heterocycles. The maximum atomic E-state index is 12.5. The molecule has 0 spiro atoms. The molecule has 0 aromatic heterocycles. The van der Waals surface area contributed by atoms with Crippen LogP contribution in [0.2, 0.25) is 0 Å². The number of carbonyl (C=O) groups is 3. The van der Waals surface area contributed by atoms with Gasteiger partial charge in [0.2, 0.25) is 0 Å². The van der Waals surface area contributed by atoms with Crippen LogP contribution in [0.15, 0.2) is 53.0 Å². The van der Waals surface area contributed by atoms with Crippen LogP contribution in [-0.4, -0.2) is 49.5 Å². The maximum absolute atomic E-state index is 12.5. The first-order valence-electron chi connectivity index (χ1n) is 8.47. The molecule has 2 aromatic rings. The van der Waals surface area contributed by atoms with Crippen LogP contribution in [0.5, 0.6) is 5.75 Å². The van der Waals surface area contributed by atoms with Gasteiger partial charge in [0.05, 0.1) is 0 Å². The highest BCUT2D eigenvalue weighted by molar-refractivity contribution is 9.10. The highest BCUT2D eigenvalue weighted by atomic mass is 79.9. The van der Waals surface area contributed by atoms with Crippen LogP contribution in [0.3, 0.4) is 0 Å². The largest absolute Gasteiger partial charge is 0.483 e. The Morgan fingerprint density at radius 2 is 1.71 bits per heavy atom. The number of anilines is 1. The maximum Gasteiger partial charge on any atom is 0.342 e. The van der Waals surface area contributed by atoms with E-state index in [-0.39, 0.29) is 23.8 Å². The van der Waals surface area contributed by atoms with E-state index in [2.05, 4.69) is 21.2 Å². The molecule has 0 aliphatic carbocycles. The Kier molecular flexibility index (Phi) is 7.57. The molecule has 0 saturated carbocycles. The van der Waals surface area contributed by atoms with Gasteiger partial charge >= 0.3 is 5.97 Å². The second-order valence-electron chi connectivity index (χ2n) is 6.12. The Bertz CT molecular complexity index is 852. The normalized spacial score (nSPS) is 11.3. The second-order valence-corrected chi connectivity index (χ2v) is 7.03. The van der Waals surface area contributed by atoms with Crippen molar-refractivity contribution in [3.63, 3.8) is 0 Å². The van der Waals surface area contributed by atoms with Crippen molar-refractivity contribution in [3.05, 3.63) is 58.6 Å². The van der Waals surface area contributed by atoms with E-state index < -0.39 is 18.0 Å². The number of likely N-dealkylation sites (N-methyl/N-ethyl adjacent to an activating group) is 1. The van der Waals surface area contributed by atoms with Crippen LogP contribution >= 0.6 is 15.9 Å². The standard InChI is InChI=1S/C20H21BrN2O5/c1-13(19(25)22-15-10-8-14(21)9-11-15)28-20(26)16-6-4-5-7-17(16)27-12-18(24)23(2)3/h4-11,13H,12H2,1-3H3,(H,22,25)/t13-/m1/s1. The van der Waals surface area contributed by atoms with E-state index in [1.54, 1.807) is 56.6 Å². The summed E-state index contributed by atoms with van der Waals surface area (Å²) < 4.78 is 11.6. The van der Waals surface area contributed by atoms with Gasteiger partial charge < -0.3 is 19.7 Å². The first-order valence-corrected chi connectivity index (χ1v) is 9.26. The lowest BCUT2D eigenvalue weighted by Gasteiger charge is -2.16. The summed E-state index contributed by atoms with van der Waals surface area (Å²) in [7, 11) is 3.22. The molecule has 2 rings (SSSR count). The molecule has 0 bridgehead atoms. The molecule has 8 heteroatoms. The number of amides is 2. The molecule has 28 heavy (non-hydrogen) atoms. The topological polar surface area (TPSA) is 84.9 Å². The third kappa shape index (κ3) is 6.09. The number of halogens is 1. The van der Waals surface area contributed by atoms with Crippen molar-refractivity contribution < 1.29 is 23.9 Å². The van der Waals surface area contributed by atoms with Crippen molar-refractivity contribution in [2.24, 2.45) is 0 Å². The minimum Gasteiger partial charge on any atom is -0.483 e. The summed E-state index contributed by atoms with van der Waals surface area (Å²) in [5.74, 6) is -1.21. The lowest BCUT2D eigenvalue weighted by atomic mass is 10.2. The van der Waals surface area contributed by atoms with E-state index in [1.165, 1.54) is 17.9 Å². The fraction of sp³-hybridized carbons (Fsp3) is 0.250. The number of rotatable bonds is 7. The molecular formula is C20H21BrN2O5. The van der Waals surface area contributed by atoms with Gasteiger partial charge in [0.1, 0.15) is 11.3 Å². The molecule has 0 heterocycles. The molecule has 7 nitrogen and oxygen atoms in total. The average molecular weight is 449 g/mol. The Morgan fingerprint density at radius 1 is 1.07 bits per heavy atom. The number of hydrogen-bond donors (Lipinski definition) is 1. The SMILES string of the molecule is C[C@@H](OC(=O)c1ccccc1OCC(=O)N(C)C)C(=O)Nc1ccc(Br)cc1. The third-order valence-electron chi connectivity index (χ3n) is 3.72. The smallest absolute Gasteiger partial charge is 0.342 e. The summed E-state index contributed by atoms with van der Waals surface area (Å²) in [6.45, 7) is 1.27. The zero-order valence-corrected chi connectivity index (χ0v) is 17.4. The van der Waals surface area contributed by atoms with Crippen molar-refractivity contribution in [1.82, 2.24) is 4.90 Å². The van der Waals surface area contributed by atoms with Gasteiger partial charge in [-0.05, 0) is 43.3 Å². The zero-order valence-electron chi connectivity index (χ0n) is 15.8. The lowest BCUT2D eigenvalue weighted by molar-refractivity contribution is -0.130. The zero-order chi connectivity index (χ0) is 20.7. The predicted molar refractivity (Wildman–Crippen MR) is 108 cm³/mol. The van der Waals surface area contributed by atoms with Gasteiger partial charge in [0.25, 0.3) is 11.8 Å². The number of para-hydroxylation sites is 1. The minimum atomic E-state index is -1.02. The van der Waals surface area contributed by atoms with Crippen molar-refractivity contribution >= 4 is 39.4 Å². The van der Waals surface area contributed by atoms with Crippen LogP contribution in [0.25, 0.3) is 0 Å². The van der Waals surface area contributed by atoms with E-state index >= 15 is 0 Å². The molecule has 0 unspecified atom stereocenters. The summed E-state index contributed by atoms with van der Waals surface area (Å²) >= 11 is 3.32. The number of nitrogens with zero attached hydrogens (tertiary/aromatic N) is 1. The number of benzene rings is 2. The van der Waals surface area contributed by atoms with E-state index in [4.69, 9.17) is 9.47 Å². The molecule has 148 valence electrons. The molecular weight excluding hydrogens is 428 g/mol. The highest BCUT2D eigenvalue weighted by Gasteiger charge is 2.22.